The van der Waals surface area contributed by atoms with Crippen molar-refractivity contribution in [2.24, 2.45) is 0 Å². The van der Waals surface area contributed by atoms with E-state index < -0.39 is 53.5 Å². The second kappa shape index (κ2) is 17.2. The molecule has 4 N–H and O–H groups in total. The van der Waals surface area contributed by atoms with E-state index in [-0.39, 0.29) is 41.0 Å². The van der Waals surface area contributed by atoms with Crippen molar-refractivity contribution in [2.75, 3.05) is 0 Å². The summed E-state index contributed by atoms with van der Waals surface area (Å²) in [6, 6.07) is 41.1. The smallest absolute Gasteiger partial charge is 0.200 e. The average molecular weight is 993 g/mol. The van der Waals surface area contributed by atoms with Crippen molar-refractivity contribution in [3.8, 4) is 90.3 Å². The topological polar surface area (TPSA) is 117 Å². The molecule has 4 aromatic heterocycles. The van der Waals surface area contributed by atoms with Crippen LogP contribution in [-0.2, 0) is 0 Å². The van der Waals surface area contributed by atoms with Crippen molar-refractivity contribution in [1.82, 2.24) is 19.1 Å². The zero-order valence-corrected chi connectivity index (χ0v) is 40.6. The quantitative estimate of drug-likeness (QED) is 0.118. The Labute approximate surface area is 450 Å². The standard InChI is InChI=1S/C68H46N4O4/c1-39-25-51(32-65(73)40(39)2)45-13-15-47-28-53(21-17-43(47)26-45)71-61-23-19-49(41-9-5-3-6-10-41)30-55(61)57-35-59(69-37-63(57)71)60-36-58-56-31-50(42-11-7-4-8-12-42)20-24-62(56)72(64(58)38-70-60)54-22-18-44-27-46(14-16-48(44)29-54)52-33-66(74)68(76)67(75)34-52/h3-38,73-76H,1-2H3/i3D,4D,5D,6D,7D,8D,9D,10D,11D,12D. The average Bonchev–Trinajstić information content (AvgIpc) is 1.67. The highest BCUT2D eigenvalue weighted by Gasteiger charge is 2.20. The minimum Gasteiger partial charge on any atom is -0.508 e. The zero-order chi connectivity index (χ0) is 60.0. The SMILES string of the molecule is [2H]c1c([2H])c([2H])c(-c2ccc3c(c2)c2cc(-c4cc5c6cc(-c7c([2H])c([2H])c([2H])c([2H])c7[2H])ccc6n(-c6ccc7cc(-c8cc(O)c(O)c(O)c8)ccc7c6)c5cn4)ncc2n3-c2ccc3cc(-c4cc(C)c(C)c(O)c4)ccc3c2)c([2H])c1[2H]. The van der Waals surface area contributed by atoms with Gasteiger partial charge in [-0.2, -0.15) is 0 Å². The molecule has 0 aliphatic rings. The molecule has 14 aromatic rings. The maximum absolute atomic E-state index is 10.7. The van der Waals surface area contributed by atoms with Gasteiger partial charge in [0.05, 0.1) is 59.6 Å². The molecule has 0 fully saturated rings. The minimum atomic E-state index is -0.606. The molecule has 0 saturated heterocycles. The first kappa shape index (κ1) is 35.1. The van der Waals surface area contributed by atoms with Crippen LogP contribution in [-0.4, -0.2) is 39.5 Å². The number of aromatic hydroxyl groups is 4. The lowest BCUT2D eigenvalue weighted by molar-refractivity contribution is 0.368. The van der Waals surface area contributed by atoms with E-state index in [1.54, 1.807) is 30.6 Å². The van der Waals surface area contributed by atoms with Gasteiger partial charge in [-0.25, -0.2) is 0 Å². The van der Waals surface area contributed by atoms with Crippen LogP contribution in [0.4, 0.5) is 0 Å². The first-order valence-corrected chi connectivity index (χ1v) is 24.4. The predicted octanol–water partition coefficient (Wildman–Crippen LogP) is 16.8. The number of hydrogen-bond acceptors (Lipinski definition) is 6. The van der Waals surface area contributed by atoms with Gasteiger partial charge < -0.3 is 29.6 Å². The Kier molecular flexibility index (Phi) is 7.94. The lowest BCUT2D eigenvalue weighted by Gasteiger charge is -2.12. The van der Waals surface area contributed by atoms with Gasteiger partial charge in [0.25, 0.3) is 0 Å². The summed E-state index contributed by atoms with van der Waals surface area (Å²) in [4.78, 5) is 10.2. The molecule has 0 amide bonds. The van der Waals surface area contributed by atoms with E-state index in [1.807, 2.05) is 115 Å². The number of rotatable bonds is 7. The molecule has 76 heavy (non-hydrogen) atoms. The van der Waals surface area contributed by atoms with Gasteiger partial charge in [0.2, 0.25) is 0 Å². The van der Waals surface area contributed by atoms with Gasteiger partial charge in [-0.15, -0.1) is 0 Å². The minimum absolute atomic E-state index is 0.0472. The molecule has 8 nitrogen and oxygen atoms in total. The Morgan fingerprint density at radius 2 is 0.750 bits per heavy atom. The molecule has 4 heterocycles. The molecule has 0 aliphatic carbocycles. The van der Waals surface area contributed by atoms with Crippen LogP contribution in [0.15, 0.2) is 218 Å². The van der Waals surface area contributed by atoms with Crippen LogP contribution in [0.5, 0.6) is 23.0 Å². The molecule has 0 saturated carbocycles. The summed E-state index contributed by atoms with van der Waals surface area (Å²) < 4.78 is 90.4. The molecule has 0 spiro atoms. The van der Waals surface area contributed by atoms with Gasteiger partial charge in [-0.1, -0.05) is 115 Å². The van der Waals surface area contributed by atoms with Crippen LogP contribution in [0.25, 0.3) is 132 Å². The first-order chi connectivity index (χ1) is 41.2. The summed E-state index contributed by atoms with van der Waals surface area (Å²) in [6.07, 6.45) is 3.52. The monoisotopic (exact) mass is 992 g/mol. The highest BCUT2D eigenvalue weighted by molar-refractivity contribution is 6.13. The fourth-order valence-electron chi connectivity index (χ4n) is 10.7. The molecule has 0 atom stereocenters. The van der Waals surface area contributed by atoms with Crippen LogP contribution in [0.1, 0.15) is 24.8 Å². The number of aryl methyl sites for hydroxylation is 1. The molecule has 8 heteroatoms. The lowest BCUT2D eigenvalue weighted by atomic mass is 9.97. The number of aromatic nitrogens is 4. The number of pyridine rings is 2. The highest BCUT2D eigenvalue weighted by Crippen LogP contribution is 2.43. The third-order valence-electron chi connectivity index (χ3n) is 14.7. The van der Waals surface area contributed by atoms with Crippen LogP contribution in [0.2, 0.25) is 0 Å². The number of hydrogen-bond donors (Lipinski definition) is 4. The van der Waals surface area contributed by atoms with Crippen molar-refractivity contribution in [1.29, 1.82) is 0 Å². The van der Waals surface area contributed by atoms with Crippen LogP contribution >= 0.6 is 0 Å². The fraction of sp³-hybridized carbons (Fsp3) is 0.0294. The third-order valence-corrected chi connectivity index (χ3v) is 14.7. The second-order valence-electron chi connectivity index (χ2n) is 19.1. The zero-order valence-electron chi connectivity index (χ0n) is 50.6. The second-order valence-corrected chi connectivity index (χ2v) is 19.1. The first-order valence-electron chi connectivity index (χ1n) is 29.4. The number of benzene rings is 10. The van der Waals surface area contributed by atoms with E-state index >= 15 is 0 Å². The molecule has 0 radical (unpaired) electrons. The summed E-state index contributed by atoms with van der Waals surface area (Å²) >= 11 is 0. The fourth-order valence-corrected chi connectivity index (χ4v) is 10.7. The summed E-state index contributed by atoms with van der Waals surface area (Å²) in [6.45, 7) is 3.86. The van der Waals surface area contributed by atoms with E-state index in [0.717, 1.165) is 71.6 Å². The number of fused-ring (bicyclic) bond motifs is 8. The van der Waals surface area contributed by atoms with Crippen molar-refractivity contribution in [3.05, 3.63) is 230 Å². The van der Waals surface area contributed by atoms with Crippen LogP contribution < -0.4 is 0 Å². The van der Waals surface area contributed by atoms with Crippen molar-refractivity contribution < 1.29 is 34.1 Å². The van der Waals surface area contributed by atoms with E-state index in [4.69, 9.17) is 23.7 Å². The van der Waals surface area contributed by atoms with Gasteiger partial charge in [-0.05, 0) is 182 Å². The Morgan fingerprint density at radius 1 is 0.355 bits per heavy atom. The third kappa shape index (κ3) is 7.29. The van der Waals surface area contributed by atoms with Crippen molar-refractivity contribution in [2.45, 2.75) is 13.8 Å². The van der Waals surface area contributed by atoms with Gasteiger partial charge in [-0.3, -0.25) is 9.97 Å². The van der Waals surface area contributed by atoms with E-state index in [0.29, 0.717) is 60.8 Å². The maximum Gasteiger partial charge on any atom is 0.200 e. The Bertz CT molecular complexity index is 4920. The van der Waals surface area contributed by atoms with E-state index in [9.17, 15) is 20.4 Å². The highest BCUT2D eigenvalue weighted by atomic mass is 16.3. The van der Waals surface area contributed by atoms with Gasteiger partial charge in [0.15, 0.2) is 17.2 Å². The lowest BCUT2D eigenvalue weighted by Crippen LogP contribution is -1.96. The molecular formula is C68H46N4O4. The normalized spacial score (nSPS) is 13.6. The Hall–Kier alpha value is -10.2. The molecule has 0 bridgehead atoms. The van der Waals surface area contributed by atoms with Crippen molar-refractivity contribution >= 4 is 65.2 Å². The predicted molar refractivity (Wildman–Crippen MR) is 309 cm³/mol. The van der Waals surface area contributed by atoms with Gasteiger partial charge in [0.1, 0.15) is 5.75 Å². The summed E-state index contributed by atoms with van der Waals surface area (Å²) in [5.41, 5.74) is 11.2. The summed E-state index contributed by atoms with van der Waals surface area (Å²) in [5.74, 6) is -1.28. The molecule has 0 unspecified atom stereocenters. The van der Waals surface area contributed by atoms with Crippen LogP contribution in [0.3, 0.4) is 0 Å². The molecular weight excluding hydrogens is 937 g/mol. The van der Waals surface area contributed by atoms with Gasteiger partial charge >= 0.3 is 0 Å². The maximum atomic E-state index is 10.7. The molecule has 10 aromatic carbocycles. The summed E-state index contributed by atoms with van der Waals surface area (Å²) in [5, 5.41) is 47.7. The van der Waals surface area contributed by atoms with E-state index in [1.165, 1.54) is 12.1 Å². The van der Waals surface area contributed by atoms with Crippen molar-refractivity contribution in [3.63, 3.8) is 0 Å². The Balaban J connectivity index is 0.956. The largest absolute Gasteiger partial charge is 0.508 e. The molecule has 362 valence electrons. The molecule has 0 aliphatic heterocycles. The molecule has 14 rings (SSSR count). The van der Waals surface area contributed by atoms with E-state index in [2.05, 4.69) is 22.8 Å². The van der Waals surface area contributed by atoms with Gasteiger partial charge in [0, 0.05) is 32.9 Å². The van der Waals surface area contributed by atoms with Crippen LogP contribution in [0, 0.1) is 13.8 Å². The number of phenols is 4. The number of nitrogens with zero attached hydrogens (tertiary/aromatic N) is 4. The summed E-state index contributed by atoms with van der Waals surface area (Å²) in [7, 11) is 0. The Morgan fingerprint density at radius 3 is 1.22 bits per heavy atom. The number of phenolic OH excluding ortho intramolecular Hbond substituents is 4.